The monoisotopic (exact) mass is 215 g/mol. The number of amides is 1. The van der Waals surface area contributed by atoms with Crippen molar-refractivity contribution in [3.05, 3.63) is 12.2 Å². The number of alkyl halides is 1. The van der Waals surface area contributed by atoms with Crippen LogP contribution in [0.15, 0.2) is 12.2 Å². The summed E-state index contributed by atoms with van der Waals surface area (Å²) >= 11 is 5.60. The lowest BCUT2D eigenvalue weighted by Crippen LogP contribution is -2.34. The van der Waals surface area contributed by atoms with Crippen LogP contribution in [0.2, 0.25) is 0 Å². The van der Waals surface area contributed by atoms with Crippen LogP contribution >= 0.6 is 11.6 Å². The van der Waals surface area contributed by atoms with Crippen molar-refractivity contribution < 1.29 is 4.79 Å². The number of nitrogens with one attached hydrogen (secondary N) is 1. The Morgan fingerprint density at radius 3 is 3.00 bits per heavy atom. The highest BCUT2D eigenvalue weighted by Crippen LogP contribution is 2.16. The summed E-state index contributed by atoms with van der Waals surface area (Å²) in [5.41, 5.74) is 0. The van der Waals surface area contributed by atoms with Gasteiger partial charge in [0.2, 0.25) is 5.91 Å². The Kier molecular flexibility index (Phi) is 5.02. The average Bonchev–Trinajstić information content (AvgIpc) is 2.26. The first-order valence-corrected chi connectivity index (χ1v) is 5.76. The fourth-order valence-electron chi connectivity index (χ4n) is 1.53. The summed E-state index contributed by atoms with van der Waals surface area (Å²) in [5, 5.41) is 2.95. The van der Waals surface area contributed by atoms with Gasteiger partial charge in [-0.3, -0.25) is 4.79 Å². The SMILES string of the molecule is CC(CCl)C(=O)NCC1CC=CCC1. The van der Waals surface area contributed by atoms with E-state index < -0.39 is 0 Å². The first-order valence-electron chi connectivity index (χ1n) is 5.22. The van der Waals surface area contributed by atoms with Gasteiger partial charge in [0.15, 0.2) is 0 Å². The fourth-order valence-corrected chi connectivity index (χ4v) is 1.67. The predicted octanol–water partition coefficient (Wildman–Crippen LogP) is 2.33. The summed E-state index contributed by atoms with van der Waals surface area (Å²) in [6.45, 7) is 2.65. The highest BCUT2D eigenvalue weighted by atomic mass is 35.5. The second kappa shape index (κ2) is 6.07. The zero-order valence-corrected chi connectivity index (χ0v) is 9.39. The first kappa shape index (κ1) is 11.6. The van der Waals surface area contributed by atoms with Crippen LogP contribution in [0.1, 0.15) is 26.2 Å². The van der Waals surface area contributed by atoms with E-state index in [-0.39, 0.29) is 11.8 Å². The van der Waals surface area contributed by atoms with Gasteiger partial charge in [0.25, 0.3) is 0 Å². The van der Waals surface area contributed by atoms with Crippen LogP contribution in [0.25, 0.3) is 0 Å². The van der Waals surface area contributed by atoms with Crippen LogP contribution in [0, 0.1) is 11.8 Å². The number of hydrogen-bond acceptors (Lipinski definition) is 1. The minimum absolute atomic E-state index is 0.0733. The molecule has 0 aliphatic heterocycles. The third-order valence-electron chi connectivity index (χ3n) is 2.62. The van der Waals surface area contributed by atoms with E-state index in [0.717, 1.165) is 19.4 Å². The average molecular weight is 216 g/mol. The second-order valence-electron chi connectivity index (χ2n) is 3.95. The zero-order valence-electron chi connectivity index (χ0n) is 8.63. The summed E-state index contributed by atoms with van der Waals surface area (Å²) < 4.78 is 0. The molecule has 3 heteroatoms. The lowest BCUT2D eigenvalue weighted by molar-refractivity contribution is -0.124. The Hall–Kier alpha value is -0.500. The molecule has 80 valence electrons. The maximum atomic E-state index is 11.4. The molecule has 0 saturated carbocycles. The first-order chi connectivity index (χ1) is 6.74. The van der Waals surface area contributed by atoms with Gasteiger partial charge in [-0.1, -0.05) is 19.1 Å². The van der Waals surface area contributed by atoms with Gasteiger partial charge in [0, 0.05) is 18.3 Å². The van der Waals surface area contributed by atoms with Crippen molar-refractivity contribution in [2.75, 3.05) is 12.4 Å². The van der Waals surface area contributed by atoms with Gasteiger partial charge in [0.1, 0.15) is 0 Å². The predicted molar refractivity (Wildman–Crippen MR) is 59.4 cm³/mol. The van der Waals surface area contributed by atoms with E-state index in [2.05, 4.69) is 17.5 Å². The molecule has 1 amide bonds. The van der Waals surface area contributed by atoms with Crippen LogP contribution < -0.4 is 5.32 Å². The molecule has 0 saturated heterocycles. The largest absolute Gasteiger partial charge is 0.356 e. The van der Waals surface area contributed by atoms with E-state index in [1.165, 1.54) is 6.42 Å². The molecular formula is C11H18ClNO. The van der Waals surface area contributed by atoms with E-state index in [9.17, 15) is 4.79 Å². The van der Waals surface area contributed by atoms with Gasteiger partial charge in [-0.05, 0) is 25.2 Å². The van der Waals surface area contributed by atoms with Crippen molar-refractivity contribution in [2.45, 2.75) is 26.2 Å². The minimum Gasteiger partial charge on any atom is -0.356 e. The van der Waals surface area contributed by atoms with Gasteiger partial charge in [-0.2, -0.15) is 0 Å². The van der Waals surface area contributed by atoms with Crippen molar-refractivity contribution in [1.29, 1.82) is 0 Å². The quantitative estimate of drug-likeness (QED) is 0.566. The molecular weight excluding hydrogens is 198 g/mol. The van der Waals surface area contributed by atoms with Crippen LogP contribution in [-0.2, 0) is 4.79 Å². The number of carbonyl (C=O) groups is 1. The molecule has 0 aromatic rings. The van der Waals surface area contributed by atoms with Gasteiger partial charge in [-0.25, -0.2) is 0 Å². The molecule has 14 heavy (non-hydrogen) atoms. The number of rotatable bonds is 4. The lowest BCUT2D eigenvalue weighted by atomic mass is 9.94. The zero-order chi connectivity index (χ0) is 10.4. The Morgan fingerprint density at radius 1 is 1.64 bits per heavy atom. The molecule has 0 spiro atoms. The molecule has 0 aromatic heterocycles. The molecule has 2 unspecified atom stereocenters. The highest BCUT2D eigenvalue weighted by molar-refractivity contribution is 6.19. The fraction of sp³-hybridized carbons (Fsp3) is 0.727. The number of carbonyl (C=O) groups excluding carboxylic acids is 1. The lowest BCUT2D eigenvalue weighted by Gasteiger charge is -2.19. The van der Waals surface area contributed by atoms with E-state index in [0.29, 0.717) is 11.8 Å². The summed E-state index contributed by atoms with van der Waals surface area (Å²) in [6, 6.07) is 0. The van der Waals surface area contributed by atoms with Crippen LogP contribution in [0.5, 0.6) is 0 Å². The van der Waals surface area contributed by atoms with Gasteiger partial charge in [0.05, 0.1) is 0 Å². The van der Waals surface area contributed by atoms with E-state index in [4.69, 9.17) is 11.6 Å². The van der Waals surface area contributed by atoms with E-state index >= 15 is 0 Å². The van der Waals surface area contributed by atoms with Gasteiger partial charge >= 0.3 is 0 Å². The third-order valence-corrected chi connectivity index (χ3v) is 3.08. The van der Waals surface area contributed by atoms with Crippen molar-refractivity contribution in [3.8, 4) is 0 Å². The summed E-state index contributed by atoms with van der Waals surface area (Å²) in [7, 11) is 0. The maximum absolute atomic E-state index is 11.4. The highest BCUT2D eigenvalue weighted by Gasteiger charge is 2.14. The number of hydrogen-bond donors (Lipinski definition) is 1. The molecule has 0 heterocycles. The van der Waals surface area contributed by atoms with E-state index in [1.54, 1.807) is 0 Å². The second-order valence-corrected chi connectivity index (χ2v) is 4.26. The molecule has 0 aromatic carbocycles. The normalized spacial score (nSPS) is 23.1. The Bertz CT molecular complexity index is 215. The molecule has 1 rings (SSSR count). The summed E-state index contributed by atoms with van der Waals surface area (Å²) in [6.07, 6.45) is 7.83. The minimum atomic E-state index is -0.0733. The Labute approximate surface area is 90.7 Å². The molecule has 1 aliphatic rings. The smallest absolute Gasteiger partial charge is 0.224 e. The molecule has 0 radical (unpaired) electrons. The van der Waals surface area contributed by atoms with Crippen LogP contribution in [0.3, 0.4) is 0 Å². The van der Waals surface area contributed by atoms with Crippen molar-refractivity contribution in [3.63, 3.8) is 0 Å². The number of halogens is 1. The molecule has 1 aliphatic carbocycles. The van der Waals surface area contributed by atoms with Gasteiger partial charge in [-0.15, -0.1) is 11.6 Å². The topological polar surface area (TPSA) is 29.1 Å². The van der Waals surface area contributed by atoms with Crippen molar-refractivity contribution in [2.24, 2.45) is 11.8 Å². The van der Waals surface area contributed by atoms with Crippen molar-refractivity contribution in [1.82, 2.24) is 5.32 Å². The summed E-state index contributed by atoms with van der Waals surface area (Å²) in [4.78, 5) is 11.4. The number of allylic oxidation sites excluding steroid dienone is 2. The Morgan fingerprint density at radius 2 is 2.43 bits per heavy atom. The maximum Gasteiger partial charge on any atom is 0.224 e. The van der Waals surface area contributed by atoms with Crippen molar-refractivity contribution >= 4 is 17.5 Å². The van der Waals surface area contributed by atoms with Crippen LogP contribution in [0.4, 0.5) is 0 Å². The molecule has 0 bridgehead atoms. The molecule has 2 nitrogen and oxygen atoms in total. The molecule has 0 fully saturated rings. The van der Waals surface area contributed by atoms with E-state index in [1.807, 2.05) is 6.92 Å². The molecule has 2 atom stereocenters. The van der Waals surface area contributed by atoms with Crippen LogP contribution in [-0.4, -0.2) is 18.3 Å². The molecule has 1 N–H and O–H groups in total. The third kappa shape index (κ3) is 3.70. The van der Waals surface area contributed by atoms with Gasteiger partial charge < -0.3 is 5.32 Å². The standard InChI is InChI=1S/C11H18ClNO/c1-9(7-12)11(14)13-8-10-5-3-2-4-6-10/h2-3,9-10H,4-8H2,1H3,(H,13,14). The summed E-state index contributed by atoms with van der Waals surface area (Å²) in [5.74, 6) is 1.02. The Balaban J connectivity index is 2.19.